The van der Waals surface area contributed by atoms with E-state index in [1.165, 1.54) is 6.08 Å². The third-order valence-electron chi connectivity index (χ3n) is 4.78. The summed E-state index contributed by atoms with van der Waals surface area (Å²) in [6.07, 6.45) is 3.76. The smallest absolute Gasteiger partial charge is 0.394 e. The van der Waals surface area contributed by atoms with Crippen molar-refractivity contribution in [2.45, 2.75) is 50.5 Å². The molecule has 0 saturated carbocycles. The number of nitrogens with one attached hydrogen (secondary N) is 2. The van der Waals surface area contributed by atoms with Crippen molar-refractivity contribution in [2.75, 3.05) is 19.7 Å². The first-order chi connectivity index (χ1) is 15.1. The molecule has 1 aliphatic heterocycles. The van der Waals surface area contributed by atoms with Crippen molar-refractivity contribution >= 4 is 19.8 Å². The first-order valence-corrected chi connectivity index (χ1v) is 11.7. The Kier molecular flexibility index (Phi) is 9.97. The van der Waals surface area contributed by atoms with E-state index in [-0.39, 0.29) is 12.0 Å². The number of aliphatic hydroxyl groups excluding tert-OH is 1. The van der Waals surface area contributed by atoms with Gasteiger partial charge in [0.2, 0.25) is 5.91 Å². The van der Waals surface area contributed by atoms with Gasteiger partial charge in [0, 0.05) is 25.2 Å². The lowest BCUT2D eigenvalue weighted by atomic mass is 10.2. The molecule has 1 unspecified atom stereocenters. The molecule has 3 atom stereocenters. The second kappa shape index (κ2) is 12.2. The molecule has 0 bridgehead atoms. The molecule has 0 spiro atoms. The van der Waals surface area contributed by atoms with Crippen LogP contribution in [0.5, 0.6) is 0 Å². The fraction of sp³-hybridized carbons (Fsp3) is 0.611. The Balaban J connectivity index is 2.05. The van der Waals surface area contributed by atoms with Gasteiger partial charge in [0.25, 0.3) is 5.56 Å². The van der Waals surface area contributed by atoms with Crippen molar-refractivity contribution in [3.8, 4) is 0 Å². The van der Waals surface area contributed by atoms with Gasteiger partial charge in [0.05, 0.1) is 12.2 Å². The number of hydrogen-bond donors (Lipinski definition) is 6. The number of hydrogen-bond acceptors (Lipinski definition) is 8. The third-order valence-corrected chi connectivity index (χ3v) is 5.33. The molecule has 7 N–H and O–H groups in total. The molecular formula is C18H29N4O9P. The largest absolute Gasteiger partial charge is 0.469 e. The van der Waals surface area contributed by atoms with Crippen LogP contribution in [0.4, 0.5) is 0 Å². The predicted octanol–water partition coefficient (Wildman–Crippen LogP) is -1.06. The van der Waals surface area contributed by atoms with Gasteiger partial charge in [-0.15, -0.1) is 0 Å². The summed E-state index contributed by atoms with van der Waals surface area (Å²) in [5.41, 5.74) is 3.86. The Labute approximate surface area is 183 Å². The van der Waals surface area contributed by atoms with Crippen LogP contribution in [0.2, 0.25) is 0 Å². The Bertz CT molecular complexity index is 955. The van der Waals surface area contributed by atoms with Crippen molar-refractivity contribution in [3.05, 3.63) is 38.7 Å². The lowest BCUT2D eigenvalue weighted by Crippen LogP contribution is -2.33. The molecule has 1 fully saturated rings. The summed E-state index contributed by atoms with van der Waals surface area (Å²) >= 11 is 0. The summed E-state index contributed by atoms with van der Waals surface area (Å²) in [5, 5.41) is 12.1. The number of aromatic nitrogens is 2. The summed E-state index contributed by atoms with van der Waals surface area (Å²) < 4.78 is 22.2. The third kappa shape index (κ3) is 8.10. The minimum atomic E-state index is -4.85. The van der Waals surface area contributed by atoms with Crippen molar-refractivity contribution < 1.29 is 33.5 Å². The predicted molar refractivity (Wildman–Crippen MR) is 113 cm³/mol. The molecule has 0 aromatic carbocycles. The fourth-order valence-corrected chi connectivity index (χ4v) is 3.79. The lowest BCUT2D eigenvalue weighted by Gasteiger charge is -2.16. The number of nitrogens with two attached hydrogens (primary N) is 1. The highest BCUT2D eigenvalue weighted by Gasteiger charge is 2.40. The van der Waals surface area contributed by atoms with Crippen LogP contribution in [0.15, 0.2) is 21.9 Å². The molecule has 14 heteroatoms. The van der Waals surface area contributed by atoms with Crippen molar-refractivity contribution in [1.82, 2.24) is 14.9 Å². The number of carbonyl (C=O) groups excluding carboxylic acids is 1. The summed E-state index contributed by atoms with van der Waals surface area (Å²) in [4.78, 5) is 56.3. The molecule has 1 saturated heterocycles. The zero-order valence-corrected chi connectivity index (χ0v) is 18.3. The Morgan fingerprint density at radius 1 is 1.34 bits per heavy atom. The SMILES string of the molecule is NCCCCCCNC(=O)/C=C/c1cn([C@H]2C[C@@H](OP(=O)(O)O)C(CO)O2)c(=O)[nH]c1=O. The summed E-state index contributed by atoms with van der Waals surface area (Å²) in [5.74, 6) is -0.409. The fourth-order valence-electron chi connectivity index (χ4n) is 3.21. The normalized spacial score (nSPS) is 21.3. The van der Waals surface area contributed by atoms with Crippen LogP contribution < -0.4 is 22.3 Å². The van der Waals surface area contributed by atoms with Crippen LogP contribution in [-0.2, 0) is 18.6 Å². The number of phosphoric acid groups is 1. The van der Waals surface area contributed by atoms with Gasteiger partial charge < -0.3 is 30.7 Å². The Hall–Kier alpha value is -2.12. The van der Waals surface area contributed by atoms with Crippen molar-refractivity contribution in [3.63, 3.8) is 0 Å². The first kappa shape index (κ1) is 26.1. The molecule has 180 valence electrons. The molecule has 2 rings (SSSR count). The zero-order valence-electron chi connectivity index (χ0n) is 17.4. The number of rotatable bonds is 12. The molecule has 1 aromatic rings. The summed E-state index contributed by atoms with van der Waals surface area (Å²) in [6.45, 7) is 0.511. The highest BCUT2D eigenvalue weighted by Crippen LogP contribution is 2.43. The van der Waals surface area contributed by atoms with Crippen LogP contribution in [0.25, 0.3) is 6.08 Å². The van der Waals surface area contributed by atoms with E-state index >= 15 is 0 Å². The number of aromatic amines is 1. The quantitative estimate of drug-likeness (QED) is 0.122. The van der Waals surface area contributed by atoms with Crippen molar-refractivity contribution in [2.24, 2.45) is 5.73 Å². The summed E-state index contributed by atoms with van der Waals surface area (Å²) in [7, 11) is -4.85. The number of nitrogens with zero attached hydrogens (tertiary/aromatic N) is 1. The second-order valence-corrected chi connectivity index (χ2v) is 8.45. The van der Waals surface area contributed by atoms with Crippen LogP contribution in [0.1, 0.15) is 43.9 Å². The van der Waals surface area contributed by atoms with Gasteiger partial charge in [-0.1, -0.05) is 12.8 Å². The van der Waals surface area contributed by atoms with E-state index in [9.17, 15) is 24.1 Å². The molecule has 1 amide bonds. The molecule has 2 heterocycles. The van der Waals surface area contributed by atoms with Crippen molar-refractivity contribution in [1.29, 1.82) is 0 Å². The van der Waals surface area contributed by atoms with E-state index in [1.807, 2.05) is 0 Å². The number of unbranched alkanes of at least 4 members (excludes halogenated alkanes) is 3. The number of phosphoric ester groups is 1. The maximum absolute atomic E-state index is 12.2. The van der Waals surface area contributed by atoms with E-state index in [2.05, 4.69) is 14.8 Å². The van der Waals surface area contributed by atoms with Gasteiger partial charge in [-0.25, -0.2) is 9.36 Å². The number of ether oxygens (including phenoxy) is 1. The number of carbonyl (C=O) groups is 1. The van der Waals surface area contributed by atoms with Gasteiger partial charge >= 0.3 is 13.5 Å². The van der Waals surface area contributed by atoms with E-state index < -0.39 is 50.0 Å². The molecule has 1 aromatic heterocycles. The maximum atomic E-state index is 12.2. The zero-order chi connectivity index (χ0) is 23.7. The minimum Gasteiger partial charge on any atom is -0.394 e. The lowest BCUT2D eigenvalue weighted by molar-refractivity contribution is -0.116. The van der Waals surface area contributed by atoms with E-state index in [0.29, 0.717) is 13.1 Å². The van der Waals surface area contributed by atoms with Crippen LogP contribution >= 0.6 is 7.82 Å². The second-order valence-electron chi connectivity index (χ2n) is 7.26. The molecule has 32 heavy (non-hydrogen) atoms. The Morgan fingerprint density at radius 3 is 2.72 bits per heavy atom. The van der Waals surface area contributed by atoms with Gasteiger partial charge in [0.1, 0.15) is 18.4 Å². The van der Waals surface area contributed by atoms with Gasteiger partial charge in [0.15, 0.2) is 0 Å². The average molecular weight is 476 g/mol. The molecule has 0 aliphatic carbocycles. The first-order valence-electron chi connectivity index (χ1n) is 10.2. The number of amides is 1. The van der Waals surface area contributed by atoms with Crippen LogP contribution in [0, 0.1) is 0 Å². The van der Waals surface area contributed by atoms with Gasteiger partial charge in [-0.05, 0) is 25.5 Å². The van der Waals surface area contributed by atoms with E-state index in [1.54, 1.807) is 0 Å². The standard InChI is InChI=1S/C18H29N4O9P/c19-7-3-1-2-4-8-20-15(24)6-5-12-10-22(18(26)21-17(12)25)16-9-13(14(11-23)30-16)31-32(27,28)29/h5-6,10,13-14,16,23H,1-4,7-9,11,19H2,(H,20,24)(H,21,25,26)(H2,27,28,29)/b6-5+/t13-,14?,16-/m1/s1. The molecule has 13 nitrogen and oxygen atoms in total. The minimum absolute atomic E-state index is 0.00815. The summed E-state index contributed by atoms with van der Waals surface area (Å²) in [6, 6.07) is 0. The van der Waals surface area contributed by atoms with Gasteiger partial charge in [-0.2, -0.15) is 0 Å². The van der Waals surface area contributed by atoms with E-state index in [0.717, 1.165) is 42.5 Å². The number of H-pyrrole nitrogens is 1. The molecule has 0 radical (unpaired) electrons. The topological polar surface area (TPSA) is 206 Å². The highest BCUT2D eigenvalue weighted by atomic mass is 31.2. The maximum Gasteiger partial charge on any atom is 0.469 e. The van der Waals surface area contributed by atoms with E-state index in [4.69, 9.17) is 20.3 Å². The highest BCUT2D eigenvalue weighted by molar-refractivity contribution is 7.46. The molecule has 1 aliphatic rings. The monoisotopic (exact) mass is 476 g/mol. The molecular weight excluding hydrogens is 447 g/mol. The van der Waals surface area contributed by atoms with Gasteiger partial charge in [-0.3, -0.25) is 23.7 Å². The van der Waals surface area contributed by atoms with Crippen LogP contribution in [0.3, 0.4) is 0 Å². The van der Waals surface area contributed by atoms with Crippen LogP contribution in [-0.4, -0.2) is 62.3 Å². The Morgan fingerprint density at radius 2 is 2.06 bits per heavy atom. The number of aliphatic hydroxyl groups is 1. The average Bonchev–Trinajstić information content (AvgIpc) is 3.10.